The molecule has 0 saturated heterocycles. The number of fused-ring (bicyclic) bond motifs is 2. The van der Waals surface area contributed by atoms with Gasteiger partial charge in [0.25, 0.3) is 12.0 Å². The second-order valence-corrected chi connectivity index (χ2v) is 9.15. The Morgan fingerprint density at radius 1 is 0.643 bits per heavy atom. The van der Waals surface area contributed by atoms with Crippen LogP contribution >= 0.6 is 0 Å². The Morgan fingerprint density at radius 2 is 1.04 bits per heavy atom. The first-order valence-electron chi connectivity index (χ1n) is 9.44. The maximum atomic E-state index is 5.88. The van der Waals surface area contributed by atoms with Crippen molar-refractivity contribution in [3.63, 3.8) is 0 Å². The zero-order chi connectivity index (χ0) is 20.1. The first kappa shape index (κ1) is 18.3. The van der Waals surface area contributed by atoms with E-state index in [9.17, 15) is 0 Å². The van der Waals surface area contributed by atoms with Crippen LogP contribution < -0.4 is 10.6 Å². The van der Waals surface area contributed by atoms with E-state index in [-0.39, 0.29) is 11.1 Å². The van der Waals surface area contributed by atoms with Gasteiger partial charge in [-0.25, -0.2) is 0 Å². The van der Waals surface area contributed by atoms with Crippen molar-refractivity contribution in [3.8, 4) is 11.1 Å². The van der Waals surface area contributed by atoms with Gasteiger partial charge in [-0.2, -0.15) is 9.97 Å². The Morgan fingerprint density at radius 3 is 1.39 bits per heavy atom. The highest BCUT2D eigenvalue weighted by Crippen LogP contribution is 2.30. The standard InChI is InChI=1S/C22H26N4O2/c1-21(2,3)25-19-23-15-9-7-13(11-17(15)27-19)14-8-10-16-18(12-14)28-20(24-16)26-22(4,5)6/h7-12H,1-6H3,(H,23,25)(H,24,26). The summed E-state index contributed by atoms with van der Waals surface area (Å²) in [6.07, 6.45) is 0. The van der Waals surface area contributed by atoms with Crippen molar-refractivity contribution in [1.29, 1.82) is 0 Å². The highest BCUT2D eigenvalue weighted by atomic mass is 16.4. The highest BCUT2D eigenvalue weighted by molar-refractivity contribution is 5.85. The normalized spacial score (nSPS) is 12.6. The van der Waals surface area contributed by atoms with Crippen LogP contribution in [0.15, 0.2) is 45.2 Å². The molecule has 0 aliphatic rings. The molecule has 0 unspecified atom stereocenters. The molecule has 0 saturated carbocycles. The van der Waals surface area contributed by atoms with E-state index in [1.54, 1.807) is 0 Å². The van der Waals surface area contributed by atoms with Crippen LogP contribution in [0.3, 0.4) is 0 Å². The van der Waals surface area contributed by atoms with Crippen molar-refractivity contribution in [1.82, 2.24) is 9.97 Å². The van der Waals surface area contributed by atoms with E-state index >= 15 is 0 Å². The molecule has 146 valence electrons. The van der Waals surface area contributed by atoms with Gasteiger partial charge in [0.2, 0.25) is 0 Å². The number of benzene rings is 2. The predicted molar refractivity (Wildman–Crippen MR) is 114 cm³/mol. The summed E-state index contributed by atoms with van der Waals surface area (Å²) in [4.78, 5) is 9.01. The van der Waals surface area contributed by atoms with Crippen molar-refractivity contribution < 1.29 is 8.83 Å². The fourth-order valence-electron chi connectivity index (χ4n) is 2.96. The summed E-state index contributed by atoms with van der Waals surface area (Å²) in [5, 5.41) is 6.53. The Balaban J connectivity index is 1.67. The smallest absolute Gasteiger partial charge is 0.296 e. The minimum absolute atomic E-state index is 0.111. The summed E-state index contributed by atoms with van der Waals surface area (Å²) in [6.45, 7) is 12.4. The first-order valence-corrected chi connectivity index (χ1v) is 9.44. The van der Waals surface area contributed by atoms with E-state index in [0.29, 0.717) is 12.0 Å². The lowest BCUT2D eigenvalue weighted by Gasteiger charge is -2.18. The molecule has 6 heteroatoms. The van der Waals surface area contributed by atoms with E-state index in [1.165, 1.54) is 0 Å². The molecular formula is C22H26N4O2. The molecular weight excluding hydrogens is 352 g/mol. The molecule has 0 fully saturated rings. The monoisotopic (exact) mass is 378 g/mol. The lowest BCUT2D eigenvalue weighted by atomic mass is 10.1. The Bertz CT molecular complexity index is 1050. The maximum Gasteiger partial charge on any atom is 0.296 e. The van der Waals surface area contributed by atoms with Gasteiger partial charge in [-0.1, -0.05) is 12.1 Å². The molecule has 0 spiro atoms. The van der Waals surface area contributed by atoms with Crippen LogP contribution in [-0.4, -0.2) is 21.0 Å². The zero-order valence-electron chi connectivity index (χ0n) is 17.2. The molecule has 4 aromatic rings. The SMILES string of the molecule is CC(C)(C)Nc1nc2ccc(-c3ccc4nc(NC(C)(C)C)oc4c3)cc2o1. The molecule has 2 aromatic heterocycles. The van der Waals surface area contributed by atoms with Crippen LogP contribution in [0.1, 0.15) is 41.5 Å². The number of hydrogen-bond acceptors (Lipinski definition) is 6. The van der Waals surface area contributed by atoms with Crippen LogP contribution in [0.5, 0.6) is 0 Å². The number of hydrogen-bond donors (Lipinski definition) is 2. The molecule has 2 N–H and O–H groups in total. The summed E-state index contributed by atoms with van der Waals surface area (Å²) >= 11 is 0. The van der Waals surface area contributed by atoms with Crippen molar-refractivity contribution in [2.45, 2.75) is 52.6 Å². The molecule has 2 heterocycles. The van der Waals surface area contributed by atoms with Gasteiger partial charge in [-0.15, -0.1) is 0 Å². The van der Waals surface area contributed by atoms with Gasteiger partial charge in [0, 0.05) is 11.1 Å². The molecule has 0 amide bonds. The summed E-state index contributed by atoms with van der Waals surface area (Å²) in [7, 11) is 0. The largest absolute Gasteiger partial charge is 0.424 e. The van der Waals surface area contributed by atoms with Crippen LogP contribution in [0.25, 0.3) is 33.3 Å². The van der Waals surface area contributed by atoms with Gasteiger partial charge in [-0.3, -0.25) is 0 Å². The minimum atomic E-state index is -0.111. The Labute approximate surface area is 164 Å². The van der Waals surface area contributed by atoms with Crippen LogP contribution in [0.4, 0.5) is 12.0 Å². The average Bonchev–Trinajstić information content (AvgIpc) is 3.11. The molecule has 0 aliphatic carbocycles. The third kappa shape index (κ3) is 3.96. The van der Waals surface area contributed by atoms with Gasteiger partial charge in [-0.05, 0) is 76.9 Å². The lowest BCUT2D eigenvalue weighted by molar-refractivity contribution is 0.554. The molecule has 0 radical (unpaired) electrons. The molecule has 0 atom stereocenters. The number of nitrogens with zero attached hydrogens (tertiary/aromatic N) is 2. The average molecular weight is 378 g/mol. The van der Waals surface area contributed by atoms with Crippen molar-refractivity contribution in [2.75, 3.05) is 10.6 Å². The highest BCUT2D eigenvalue weighted by Gasteiger charge is 2.16. The van der Waals surface area contributed by atoms with E-state index < -0.39 is 0 Å². The van der Waals surface area contributed by atoms with Crippen LogP contribution in [0.2, 0.25) is 0 Å². The van der Waals surface area contributed by atoms with Gasteiger partial charge in [0.15, 0.2) is 11.2 Å². The number of aromatic nitrogens is 2. The summed E-state index contributed by atoms with van der Waals surface area (Å²) in [5.41, 5.74) is 5.00. The zero-order valence-corrected chi connectivity index (χ0v) is 17.2. The Kier molecular flexibility index (Phi) is 4.10. The second kappa shape index (κ2) is 6.26. The number of oxazole rings is 2. The fraction of sp³-hybridized carbons (Fsp3) is 0.364. The van der Waals surface area contributed by atoms with Crippen molar-refractivity contribution in [3.05, 3.63) is 36.4 Å². The van der Waals surface area contributed by atoms with E-state index in [4.69, 9.17) is 8.83 Å². The van der Waals surface area contributed by atoms with Crippen LogP contribution in [0, 0.1) is 0 Å². The summed E-state index contributed by atoms with van der Waals surface area (Å²) in [5.74, 6) is 0. The molecule has 2 aromatic carbocycles. The van der Waals surface area contributed by atoms with Crippen molar-refractivity contribution in [2.24, 2.45) is 0 Å². The quantitative estimate of drug-likeness (QED) is 0.451. The third-order valence-electron chi connectivity index (χ3n) is 4.07. The summed E-state index contributed by atoms with van der Waals surface area (Å²) in [6, 6.07) is 13.1. The summed E-state index contributed by atoms with van der Waals surface area (Å²) < 4.78 is 11.8. The Hall–Kier alpha value is -3.02. The van der Waals surface area contributed by atoms with Crippen molar-refractivity contribution >= 4 is 34.2 Å². The number of anilines is 2. The predicted octanol–water partition coefficient (Wildman–Crippen LogP) is 6.06. The van der Waals surface area contributed by atoms with Crippen LogP contribution in [-0.2, 0) is 0 Å². The van der Waals surface area contributed by atoms with Gasteiger partial charge in [0.05, 0.1) is 0 Å². The van der Waals surface area contributed by atoms with E-state index in [0.717, 1.165) is 33.3 Å². The lowest BCUT2D eigenvalue weighted by Crippen LogP contribution is -2.26. The van der Waals surface area contributed by atoms with Gasteiger partial charge in [0.1, 0.15) is 11.0 Å². The molecule has 0 bridgehead atoms. The number of rotatable bonds is 3. The van der Waals surface area contributed by atoms with Gasteiger partial charge < -0.3 is 19.5 Å². The molecule has 0 aliphatic heterocycles. The fourth-order valence-corrected chi connectivity index (χ4v) is 2.96. The topological polar surface area (TPSA) is 76.1 Å². The second-order valence-electron chi connectivity index (χ2n) is 9.15. The molecule has 6 nitrogen and oxygen atoms in total. The third-order valence-corrected chi connectivity index (χ3v) is 4.07. The number of nitrogens with one attached hydrogen (secondary N) is 2. The van der Waals surface area contributed by atoms with Gasteiger partial charge >= 0.3 is 0 Å². The van der Waals surface area contributed by atoms with E-state index in [1.807, 2.05) is 36.4 Å². The molecule has 4 rings (SSSR count). The molecule has 28 heavy (non-hydrogen) atoms. The minimum Gasteiger partial charge on any atom is -0.424 e. The van der Waals surface area contributed by atoms with E-state index in [2.05, 4.69) is 62.1 Å². The first-order chi connectivity index (χ1) is 13.1. The maximum absolute atomic E-state index is 5.88.